The van der Waals surface area contributed by atoms with Gasteiger partial charge in [0, 0.05) is 0 Å². The second-order valence-electron chi connectivity index (χ2n) is 2.60. The van der Waals surface area contributed by atoms with Crippen LogP contribution in [0.5, 0.6) is 0 Å². The van der Waals surface area contributed by atoms with E-state index in [1.807, 2.05) is 24.3 Å². The van der Waals surface area contributed by atoms with Gasteiger partial charge in [0.1, 0.15) is 0 Å². The number of halogens is 1. The van der Waals surface area contributed by atoms with Crippen LogP contribution in [-0.4, -0.2) is 10.2 Å². The fourth-order valence-electron chi connectivity index (χ4n) is 0.874. The molecule has 2 rings (SSSR count). The Balaban J connectivity index is 0.000000253. The molecule has 15 heavy (non-hydrogen) atoms. The standard InChI is InChI=1S/C6H6O2.C5H4Br.Ru/c7-6(8)5-3-1-2-4-5;6-5-3-1-2-4-5;/h1-4,7-8H;1-4H;/q;-1;+1. The third-order valence-corrected chi connectivity index (χ3v) is 2.07. The maximum atomic E-state index is 8.38. The van der Waals surface area contributed by atoms with Gasteiger partial charge in [-0.2, -0.15) is 12.1 Å². The van der Waals surface area contributed by atoms with E-state index in [0.717, 1.165) is 4.47 Å². The molecule has 0 fully saturated rings. The van der Waals surface area contributed by atoms with Crippen LogP contribution >= 0.6 is 15.9 Å². The van der Waals surface area contributed by atoms with Gasteiger partial charge >= 0.3 is 19.5 Å². The largest absolute Gasteiger partial charge is 1.00 e. The fraction of sp³-hybridized carbons (Fsp3) is 0. The Hall–Kier alpha value is -0.727. The van der Waals surface area contributed by atoms with Gasteiger partial charge in [0.05, 0.1) is 5.57 Å². The van der Waals surface area contributed by atoms with Crippen LogP contribution in [0.1, 0.15) is 0 Å². The molecule has 0 spiro atoms. The van der Waals surface area contributed by atoms with E-state index >= 15 is 0 Å². The molecule has 2 N–H and O–H groups in total. The van der Waals surface area contributed by atoms with Crippen LogP contribution in [0, 0.1) is 0 Å². The smallest absolute Gasteiger partial charge is 0.481 e. The Morgan fingerprint density at radius 3 is 1.73 bits per heavy atom. The zero-order chi connectivity index (χ0) is 10.4. The average Bonchev–Trinajstić information content (AvgIpc) is 2.75. The minimum atomic E-state index is -0.616. The summed E-state index contributed by atoms with van der Waals surface area (Å²) in [6.45, 7) is 0. The number of hydrogen-bond donors (Lipinski definition) is 2. The van der Waals surface area contributed by atoms with Crippen molar-refractivity contribution in [1.82, 2.24) is 0 Å². The van der Waals surface area contributed by atoms with Crippen LogP contribution < -0.4 is 0 Å². The topological polar surface area (TPSA) is 40.5 Å². The molecular formula is C11H10BrO2Ru. The second-order valence-corrected chi connectivity index (χ2v) is 3.52. The molecule has 0 heterocycles. The molecule has 0 saturated heterocycles. The van der Waals surface area contributed by atoms with Crippen LogP contribution in [0.3, 0.4) is 0 Å². The Labute approximate surface area is 110 Å². The van der Waals surface area contributed by atoms with Crippen molar-refractivity contribution in [2.45, 2.75) is 0 Å². The SMILES string of the molecule is Br[c-]1cccc1.OC(O)=C1C=CC=C1.[Ru+]. The fourth-order valence-corrected chi connectivity index (χ4v) is 1.18. The third-order valence-electron chi connectivity index (χ3n) is 1.54. The average molecular weight is 355 g/mol. The Kier molecular flexibility index (Phi) is 7.18. The molecule has 0 aliphatic heterocycles. The van der Waals surface area contributed by atoms with E-state index in [1.165, 1.54) is 0 Å². The van der Waals surface area contributed by atoms with Crippen molar-refractivity contribution in [1.29, 1.82) is 0 Å². The molecule has 0 unspecified atom stereocenters. The maximum Gasteiger partial charge on any atom is 1.00 e. The first-order valence-electron chi connectivity index (χ1n) is 4.04. The molecule has 1 aromatic rings. The predicted octanol–water partition coefficient (Wildman–Crippen LogP) is 3.61. The third kappa shape index (κ3) is 5.65. The Morgan fingerprint density at radius 2 is 1.53 bits per heavy atom. The molecule has 0 saturated carbocycles. The van der Waals surface area contributed by atoms with E-state index in [4.69, 9.17) is 10.2 Å². The van der Waals surface area contributed by atoms with Gasteiger partial charge in [-0.15, -0.1) is 15.9 Å². The molecule has 0 aromatic heterocycles. The molecule has 1 aliphatic rings. The number of allylic oxidation sites excluding steroid dienone is 5. The molecule has 0 amide bonds. The zero-order valence-electron chi connectivity index (χ0n) is 7.74. The van der Waals surface area contributed by atoms with E-state index in [1.54, 1.807) is 24.3 Å². The maximum absolute atomic E-state index is 8.38. The van der Waals surface area contributed by atoms with Crippen molar-refractivity contribution >= 4 is 15.9 Å². The van der Waals surface area contributed by atoms with Gasteiger partial charge in [-0.05, 0) is 12.2 Å². The first-order chi connectivity index (χ1) is 6.70. The van der Waals surface area contributed by atoms with Crippen molar-refractivity contribution < 1.29 is 29.7 Å². The molecule has 1 aliphatic carbocycles. The Bertz CT molecular complexity index is 346. The van der Waals surface area contributed by atoms with E-state index in [2.05, 4.69) is 15.9 Å². The molecular weight excluding hydrogens is 345 g/mol. The van der Waals surface area contributed by atoms with Crippen molar-refractivity contribution in [3.05, 3.63) is 64.6 Å². The summed E-state index contributed by atoms with van der Waals surface area (Å²) in [5.74, 6) is -0.616. The minimum absolute atomic E-state index is 0. The van der Waals surface area contributed by atoms with Gasteiger partial charge in [-0.25, -0.2) is 12.1 Å². The van der Waals surface area contributed by atoms with Crippen LogP contribution in [0.4, 0.5) is 0 Å². The van der Waals surface area contributed by atoms with E-state index < -0.39 is 5.95 Å². The number of hydrogen-bond acceptors (Lipinski definition) is 2. The quantitative estimate of drug-likeness (QED) is 0.424. The van der Waals surface area contributed by atoms with Crippen molar-refractivity contribution in [3.63, 3.8) is 0 Å². The van der Waals surface area contributed by atoms with E-state index in [0.29, 0.717) is 5.57 Å². The Morgan fingerprint density at radius 1 is 1.07 bits per heavy atom. The molecule has 0 bridgehead atoms. The van der Waals surface area contributed by atoms with E-state index in [-0.39, 0.29) is 19.5 Å². The zero-order valence-corrected chi connectivity index (χ0v) is 11.1. The molecule has 0 atom stereocenters. The minimum Gasteiger partial charge on any atom is -0.481 e. The molecule has 81 valence electrons. The summed E-state index contributed by atoms with van der Waals surface area (Å²) in [4.78, 5) is 0. The van der Waals surface area contributed by atoms with Gasteiger partial charge < -0.3 is 10.2 Å². The summed E-state index contributed by atoms with van der Waals surface area (Å²) in [5, 5.41) is 16.8. The number of aliphatic hydroxyl groups excluding tert-OH is 1. The first kappa shape index (κ1) is 14.3. The summed E-state index contributed by atoms with van der Waals surface area (Å²) >= 11 is 3.28. The molecule has 4 heteroatoms. The first-order valence-corrected chi connectivity index (χ1v) is 4.83. The van der Waals surface area contributed by atoms with Crippen molar-refractivity contribution in [3.8, 4) is 0 Å². The van der Waals surface area contributed by atoms with Crippen LogP contribution in [-0.2, 0) is 19.5 Å². The summed E-state index contributed by atoms with van der Waals surface area (Å²) in [6.07, 6.45) is 6.72. The van der Waals surface area contributed by atoms with E-state index in [9.17, 15) is 0 Å². The molecule has 2 nitrogen and oxygen atoms in total. The monoisotopic (exact) mass is 355 g/mol. The summed E-state index contributed by atoms with van der Waals surface area (Å²) in [7, 11) is 0. The van der Waals surface area contributed by atoms with Crippen LogP contribution in [0.25, 0.3) is 0 Å². The summed E-state index contributed by atoms with van der Waals surface area (Å²) in [6, 6.07) is 7.98. The van der Waals surface area contributed by atoms with Gasteiger partial charge in [0.25, 0.3) is 5.95 Å². The van der Waals surface area contributed by atoms with Gasteiger partial charge in [0.15, 0.2) is 0 Å². The number of rotatable bonds is 0. The van der Waals surface area contributed by atoms with Crippen molar-refractivity contribution in [2.75, 3.05) is 0 Å². The van der Waals surface area contributed by atoms with Crippen molar-refractivity contribution in [2.24, 2.45) is 0 Å². The summed E-state index contributed by atoms with van der Waals surface area (Å²) < 4.78 is 1.16. The predicted molar refractivity (Wildman–Crippen MR) is 60.3 cm³/mol. The van der Waals surface area contributed by atoms with Gasteiger partial charge in [-0.3, -0.25) is 0 Å². The summed E-state index contributed by atoms with van der Waals surface area (Å²) in [5.41, 5.74) is 0.463. The molecule has 1 aromatic carbocycles. The molecule has 1 radical (unpaired) electrons. The number of aliphatic hydroxyl groups is 2. The van der Waals surface area contributed by atoms with Gasteiger partial charge in [0.2, 0.25) is 0 Å². The normalized spacial score (nSPS) is 11.7. The van der Waals surface area contributed by atoms with Gasteiger partial charge in [-0.1, -0.05) is 16.6 Å². The second kappa shape index (κ2) is 7.55. The van der Waals surface area contributed by atoms with Crippen LogP contribution in [0.15, 0.2) is 64.6 Å². The van der Waals surface area contributed by atoms with Crippen LogP contribution in [0.2, 0.25) is 0 Å².